The highest BCUT2D eigenvalue weighted by Crippen LogP contribution is 2.18. The molecule has 0 bridgehead atoms. The van der Waals surface area contributed by atoms with E-state index in [1.807, 2.05) is 44.2 Å². The van der Waals surface area contributed by atoms with E-state index in [-0.39, 0.29) is 6.04 Å². The van der Waals surface area contributed by atoms with Crippen LogP contribution >= 0.6 is 0 Å². The van der Waals surface area contributed by atoms with E-state index in [1.54, 1.807) is 11.6 Å². The molecule has 1 unspecified atom stereocenters. The molecule has 0 aliphatic heterocycles. The summed E-state index contributed by atoms with van der Waals surface area (Å²) >= 11 is 0. The lowest BCUT2D eigenvalue weighted by Gasteiger charge is -2.14. The number of aryl methyl sites for hydroxylation is 1. The second kappa shape index (κ2) is 8.10. The minimum Gasteiger partial charge on any atom is -0.347 e. The zero-order valence-corrected chi connectivity index (χ0v) is 15.7. The van der Waals surface area contributed by atoms with Crippen LogP contribution in [0.25, 0.3) is 5.69 Å². The summed E-state index contributed by atoms with van der Waals surface area (Å²) in [6, 6.07) is 9.56. The number of hydrogen-bond donors (Lipinski definition) is 1. The number of amides is 1. The van der Waals surface area contributed by atoms with Gasteiger partial charge in [-0.2, -0.15) is 5.10 Å². The Morgan fingerprint density at radius 1 is 1.08 bits per heavy atom. The van der Waals surface area contributed by atoms with Crippen molar-refractivity contribution in [3.63, 3.8) is 0 Å². The molecule has 0 aliphatic rings. The van der Waals surface area contributed by atoms with E-state index in [9.17, 15) is 9.59 Å². The summed E-state index contributed by atoms with van der Waals surface area (Å²) in [7, 11) is 0. The van der Waals surface area contributed by atoms with Crippen molar-refractivity contribution in [1.82, 2.24) is 15.1 Å². The molecule has 134 valence electrons. The predicted molar refractivity (Wildman–Crippen MR) is 99.0 cm³/mol. The molecule has 1 atom stereocenters. The molecule has 2 rings (SSSR count). The quantitative estimate of drug-likeness (QED) is 0.618. The summed E-state index contributed by atoms with van der Waals surface area (Å²) in [4.78, 5) is 25.0. The van der Waals surface area contributed by atoms with Crippen LogP contribution in [0.15, 0.2) is 30.3 Å². The van der Waals surface area contributed by atoms with Crippen molar-refractivity contribution < 1.29 is 9.59 Å². The third-order valence-electron chi connectivity index (χ3n) is 4.28. The van der Waals surface area contributed by atoms with E-state index >= 15 is 0 Å². The number of Topliss-reactive ketones (excluding diaryl/α,β-unsaturated/α-hetero) is 1. The topological polar surface area (TPSA) is 64.0 Å². The van der Waals surface area contributed by atoms with E-state index in [2.05, 4.69) is 24.3 Å². The average Bonchev–Trinajstić information content (AvgIpc) is 2.87. The van der Waals surface area contributed by atoms with Crippen molar-refractivity contribution in [2.75, 3.05) is 0 Å². The fraction of sp³-hybridized carbons (Fsp3) is 0.450. The predicted octanol–water partition coefficient (Wildman–Crippen LogP) is 3.61. The minimum atomic E-state index is -0.560. The zero-order chi connectivity index (χ0) is 18.6. The molecule has 5 nitrogen and oxygen atoms in total. The molecule has 0 saturated heterocycles. The van der Waals surface area contributed by atoms with E-state index in [0.717, 1.165) is 18.5 Å². The molecular formula is C20H27N3O2. The Bertz CT molecular complexity index is 748. The number of rotatable bonds is 7. The fourth-order valence-electron chi connectivity index (χ4n) is 2.85. The first-order valence-electron chi connectivity index (χ1n) is 8.78. The van der Waals surface area contributed by atoms with Crippen LogP contribution in [0.1, 0.15) is 55.4 Å². The van der Waals surface area contributed by atoms with Gasteiger partial charge in [-0.05, 0) is 51.7 Å². The van der Waals surface area contributed by atoms with Gasteiger partial charge in [0.1, 0.15) is 0 Å². The van der Waals surface area contributed by atoms with Crippen LogP contribution in [0.4, 0.5) is 0 Å². The molecule has 2 aromatic rings. The molecule has 25 heavy (non-hydrogen) atoms. The van der Waals surface area contributed by atoms with Crippen molar-refractivity contribution >= 4 is 11.7 Å². The van der Waals surface area contributed by atoms with E-state index in [1.165, 1.54) is 0 Å². The molecule has 0 aliphatic carbocycles. The van der Waals surface area contributed by atoms with Crippen LogP contribution in [0.2, 0.25) is 0 Å². The number of carbonyl (C=O) groups excluding carboxylic acids is 2. The third kappa shape index (κ3) is 4.56. The maximum absolute atomic E-state index is 12.6. The SMILES string of the molecule is Cc1nn(-c2ccccc2)c(C)c1C(=O)C(=O)NC(C)CCC(C)C. The van der Waals surface area contributed by atoms with Gasteiger partial charge in [0, 0.05) is 6.04 Å². The van der Waals surface area contributed by atoms with Crippen LogP contribution < -0.4 is 5.32 Å². The lowest BCUT2D eigenvalue weighted by atomic mass is 10.0. The highest BCUT2D eigenvalue weighted by molar-refractivity contribution is 6.43. The number of aromatic nitrogens is 2. The number of ketones is 1. The van der Waals surface area contributed by atoms with Crippen molar-refractivity contribution in [2.45, 2.75) is 53.5 Å². The Hall–Kier alpha value is -2.43. The maximum atomic E-state index is 12.6. The van der Waals surface area contributed by atoms with E-state index < -0.39 is 11.7 Å². The molecule has 0 fully saturated rings. The number of hydrogen-bond acceptors (Lipinski definition) is 3. The lowest BCUT2D eigenvalue weighted by Crippen LogP contribution is -2.38. The number of benzene rings is 1. The first kappa shape index (κ1) is 18.9. The van der Waals surface area contributed by atoms with Crippen LogP contribution in [-0.4, -0.2) is 27.5 Å². The van der Waals surface area contributed by atoms with Gasteiger partial charge in [-0.25, -0.2) is 4.68 Å². The monoisotopic (exact) mass is 341 g/mol. The Morgan fingerprint density at radius 3 is 2.32 bits per heavy atom. The number of para-hydroxylation sites is 1. The molecule has 1 N–H and O–H groups in total. The van der Waals surface area contributed by atoms with Crippen molar-refractivity contribution in [2.24, 2.45) is 5.92 Å². The summed E-state index contributed by atoms with van der Waals surface area (Å²) in [5, 5.41) is 7.25. The van der Waals surface area contributed by atoms with Crippen LogP contribution in [0.5, 0.6) is 0 Å². The molecule has 1 heterocycles. The van der Waals surface area contributed by atoms with Gasteiger partial charge in [0.2, 0.25) is 0 Å². The molecule has 5 heteroatoms. The normalized spacial score (nSPS) is 12.2. The highest BCUT2D eigenvalue weighted by Gasteiger charge is 2.25. The number of nitrogens with one attached hydrogen (secondary N) is 1. The average molecular weight is 341 g/mol. The van der Waals surface area contributed by atoms with Gasteiger partial charge in [0.15, 0.2) is 0 Å². The molecule has 0 saturated carbocycles. The van der Waals surface area contributed by atoms with Crippen LogP contribution in [0.3, 0.4) is 0 Å². The van der Waals surface area contributed by atoms with Crippen molar-refractivity contribution in [3.05, 3.63) is 47.3 Å². The molecular weight excluding hydrogens is 314 g/mol. The summed E-state index contributed by atoms with van der Waals surface area (Å²) < 4.78 is 1.71. The van der Waals surface area contributed by atoms with Crippen LogP contribution in [0, 0.1) is 19.8 Å². The molecule has 1 aromatic heterocycles. The van der Waals surface area contributed by atoms with Crippen LogP contribution in [-0.2, 0) is 4.79 Å². The van der Waals surface area contributed by atoms with Gasteiger partial charge in [-0.3, -0.25) is 9.59 Å². The van der Waals surface area contributed by atoms with Gasteiger partial charge < -0.3 is 5.32 Å². The first-order valence-corrected chi connectivity index (χ1v) is 8.78. The zero-order valence-electron chi connectivity index (χ0n) is 15.7. The Labute approximate surface area is 149 Å². The minimum absolute atomic E-state index is 0.0244. The number of nitrogens with zero attached hydrogens (tertiary/aromatic N) is 2. The van der Waals surface area contributed by atoms with Gasteiger partial charge in [0.05, 0.1) is 22.6 Å². The second-order valence-electron chi connectivity index (χ2n) is 6.97. The maximum Gasteiger partial charge on any atom is 0.292 e. The van der Waals surface area contributed by atoms with Gasteiger partial charge in [-0.1, -0.05) is 32.0 Å². The molecule has 0 spiro atoms. The lowest BCUT2D eigenvalue weighted by molar-refractivity contribution is -0.117. The molecule has 0 radical (unpaired) electrons. The second-order valence-corrected chi connectivity index (χ2v) is 6.97. The highest BCUT2D eigenvalue weighted by atomic mass is 16.2. The van der Waals surface area contributed by atoms with E-state index in [4.69, 9.17) is 0 Å². The Morgan fingerprint density at radius 2 is 1.72 bits per heavy atom. The Balaban J connectivity index is 2.17. The summed E-state index contributed by atoms with van der Waals surface area (Å²) in [6.45, 7) is 9.79. The fourth-order valence-corrected chi connectivity index (χ4v) is 2.85. The third-order valence-corrected chi connectivity index (χ3v) is 4.28. The largest absolute Gasteiger partial charge is 0.347 e. The van der Waals surface area contributed by atoms with Crippen molar-refractivity contribution in [3.8, 4) is 5.69 Å². The first-order chi connectivity index (χ1) is 11.8. The van der Waals surface area contributed by atoms with Gasteiger partial charge >= 0.3 is 0 Å². The molecule has 1 aromatic carbocycles. The van der Waals surface area contributed by atoms with Crippen molar-refractivity contribution in [1.29, 1.82) is 0 Å². The smallest absolute Gasteiger partial charge is 0.292 e. The molecule has 1 amide bonds. The van der Waals surface area contributed by atoms with Gasteiger partial charge in [0.25, 0.3) is 11.7 Å². The summed E-state index contributed by atoms with van der Waals surface area (Å²) in [5.74, 6) is -0.507. The standard InChI is InChI=1S/C20H27N3O2/c1-13(2)11-12-14(3)21-20(25)19(24)18-15(4)22-23(16(18)5)17-9-7-6-8-10-17/h6-10,13-14H,11-12H2,1-5H3,(H,21,25). The number of carbonyl (C=O) groups is 2. The summed E-state index contributed by atoms with van der Waals surface area (Å²) in [6.07, 6.45) is 1.87. The van der Waals surface area contributed by atoms with Gasteiger partial charge in [-0.15, -0.1) is 0 Å². The Kier molecular flexibility index (Phi) is 6.12. The van der Waals surface area contributed by atoms with E-state index in [0.29, 0.717) is 22.9 Å². The summed E-state index contributed by atoms with van der Waals surface area (Å²) in [5.41, 5.74) is 2.50.